The second-order valence-corrected chi connectivity index (χ2v) is 11.7. The second-order valence-electron chi connectivity index (χ2n) is 10.6. The Morgan fingerprint density at radius 3 is 2.68 bits per heavy atom. The monoisotopic (exact) mass is 530 g/mol. The molecular formula is C30H34N4O3S. The van der Waals surface area contributed by atoms with Gasteiger partial charge in [-0.2, -0.15) is 0 Å². The van der Waals surface area contributed by atoms with Gasteiger partial charge in [-0.25, -0.2) is 4.98 Å². The van der Waals surface area contributed by atoms with Crippen molar-refractivity contribution < 1.29 is 14.3 Å². The largest absolute Gasteiger partial charge is 0.465 e. The lowest BCUT2D eigenvalue weighted by Crippen LogP contribution is -2.52. The van der Waals surface area contributed by atoms with Gasteiger partial charge in [0.15, 0.2) is 0 Å². The van der Waals surface area contributed by atoms with E-state index in [4.69, 9.17) is 9.72 Å². The second kappa shape index (κ2) is 10.5. The van der Waals surface area contributed by atoms with Crippen molar-refractivity contribution in [2.24, 2.45) is 0 Å². The minimum Gasteiger partial charge on any atom is -0.465 e. The summed E-state index contributed by atoms with van der Waals surface area (Å²) in [6, 6.07) is 15.9. The number of ether oxygens (including phenoxy) is 1. The first kappa shape index (κ1) is 25.1. The summed E-state index contributed by atoms with van der Waals surface area (Å²) in [4.78, 5) is 37.2. The fourth-order valence-electron chi connectivity index (χ4n) is 6.43. The molecule has 7 nitrogen and oxygen atoms in total. The number of rotatable bonds is 8. The van der Waals surface area contributed by atoms with Gasteiger partial charge in [0.05, 0.1) is 21.8 Å². The van der Waals surface area contributed by atoms with Crippen LogP contribution in [-0.4, -0.2) is 62.9 Å². The van der Waals surface area contributed by atoms with E-state index >= 15 is 0 Å². The van der Waals surface area contributed by atoms with Gasteiger partial charge in [0.25, 0.3) is 0 Å². The van der Waals surface area contributed by atoms with Crippen LogP contribution in [-0.2, 0) is 27.3 Å². The smallest absolute Gasteiger partial charge is 0.325 e. The van der Waals surface area contributed by atoms with Gasteiger partial charge < -0.3 is 14.6 Å². The number of esters is 1. The molecule has 2 aliphatic rings. The van der Waals surface area contributed by atoms with Crippen LogP contribution in [0.1, 0.15) is 55.7 Å². The number of aromatic amines is 1. The number of aromatic nitrogens is 2. The number of nitrogens with zero attached hydrogens (tertiary/aromatic N) is 3. The van der Waals surface area contributed by atoms with E-state index in [-0.39, 0.29) is 24.5 Å². The first-order valence-electron chi connectivity index (χ1n) is 13.6. The number of H-pyrrole nitrogens is 1. The summed E-state index contributed by atoms with van der Waals surface area (Å²) in [7, 11) is 0. The molecule has 1 amide bonds. The van der Waals surface area contributed by atoms with Crippen LogP contribution in [0.5, 0.6) is 0 Å². The highest BCUT2D eigenvalue weighted by atomic mass is 32.1. The number of carbonyl (C=O) groups is 2. The predicted octanol–water partition coefficient (Wildman–Crippen LogP) is 5.28. The summed E-state index contributed by atoms with van der Waals surface area (Å²) in [5.41, 5.74) is 4.82. The molecule has 1 unspecified atom stereocenters. The molecule has 2 aromatic heterocycles. The van der Waals surface area contributed by atoms with Crippen LogP contribution in [0.2, 0.25) is 0 Å². The lowest BCUT2D eigenvalue weighted by atomic mass is 9.95. The fraction of sp³-hybridized carbons (Fsp3) is 0.433. The average molecular weight is 531 g/mol. The van der Waals surface area contributed by atoms with Gasteiger partial charge in [0, 0.05) is 55.1 Å². The van der Waals surface area contributed by atoms with E-state index in [1.807, 2.05) is 6.07 Å². The molecule has 2 aliphatic heterocycles. The van der Waals surface area contributed by atoms with E-state index in [2.05, 4.69) is 52.5 Å². The van der Waals surface area contributed by atoms with Gasteiger partial charge in [-0.15, -0.1) is 11.3 Å². The van der Waals surface area contributed by atoms with Crippen LogP contribution >= 0.6 is 11.3 Å². The van der Waals surface area contributed by atoms with Crippen molar-refractivity contribution in [3.63, 3.8) is 0 Å². The lowest BCUT2D eigenvalue weighted by molar-refractivity contribution is -0.150. The summed E-state index contributed by atoms with van der Waals surface area (Å²) in [6.45, 7) is 4.63. The van der Waals surface area contributed by atoms with Crippen molar-refractivity contribution in [2.45, 2.75) is 70.6 Å². The van der Waals surface area contributed by atoms with Crippen molar-refractivity contribution in [1.29, 1.82) is 0 Å². The molecule has 2 bridgehead atoms. The minimum absolute atomic E-state index is 0.0480. The van der Waals surface area contributed by atoms with Crippen LogP contribution in [0.25, 0.3) is 21.1 Å². The molecule has 4 heterocycles. The van der Waals surface area contributed by atoms with E-state index in [1.54, 1.807) is 30.1 Å². The molecule has 0 spiro atoms. The number of benzene rings is 2. The number of hydrogen-bond donors (Lipinski definition) is 1. The molecule has 2 saturated heterocycles. The van der Waals surface area contributed by atoms with Crippen molar-refractivity contribution in [3.8, 4) is 0 Å². The number of amides is 1. The molecular weight excluding hydrogens is 496 g/mol. The van der Waals surface area contributed by atoms with Gasteiger partial charge in [-0.05, 0) is 68.0 Å². The van der Waals surface area contributed by atoms with E-state index < -0.39 is 0 Å². The maximum absolute atomic E-state index is 12.4. The average Bonchev–Trinajstić information content (AvgIpc) is 3.55. The third-order valence-corrected chi connectivity index (χ3v) is 9.22. The van der Waals surface area contributed by atoms with Gasteiger partial charge >= 0.3 is 5.97 Å². The fourth-order valence-corrected chi connectivity index (χ4v) is 7.44. The summed E-state index contributed by atoms with van der Waals surface area (Å²) in [5, 5.41) is 2.42. The Balaban J connectivity index is 1.17. The van der Waals surface area contributed by atoms with Crippen molar-refractivity contribution in [2.75, 3.05) is 13.2 Å². The summed E-state index contributed by atoms with van der Waals surface area (Å²) in [5.74, 6) is -0.369. The molecule has 3 atom stereocenters. The molecule has 2 fully saturated rings. The number of thiazole rings is 1. The Hall–Kier alpha value is -3.23. The molecule has 4 aromatic rings. The number of piperidine rings is 1. The highest BCUT2D eigenvalue weighted by Gasteiger charge is 2.43. The molecule has 0 aliphatic carbocycles. The van der Waals surface area contributed by atoms with E-state index in [0.29, 0.717) is 18.7 Å². The van der Waals surface area contributed by atoms with Crippen molar-refractivity contribution >= 4 is 44.3 Å². The maximum atomic E-state index is 12.4. The molecule has 198 valence electrons. The van der Waals surface area contributed by atoms with Crippen LogP contribution in [0.3, 0.4) is 0 Å². The standard InChI is InChI=1S/C30H34N4O3S/c1-3-37-30(36)18-33(19(2)35)24-14-22-9-10-23(15-24)34(22)17-21-16-31-26-11-8-20(12-25(21)26)13-29-32-27-6-4-5-7-28(27)38-29/h4-8,11-12,16,22-24,31H,3,9-10,13-15,17-18H2,1-2H3/t22-,23+,24?. The van der Waals surface area contributed by atoms with E-state index in [9.17, 15) is 9.59 Å². The molecule has 38 heavy (non-hydrogen) atoms. The zero-order chi connectivity index (χ0) is 26.2. The zero-order valence-corrected chi connectivity index (χ0v) is 22.8. The van der Waals surface area contributed by atoms with Crippen molar-refractivity contribution in [1.82, 2.24) is 19.8 Å². The third-order valence-electron chi connectivity index (χ3n) is 8.19. The summed E-state index contributed by atoms with van der Waals surface area (Å²) in [6.07, 6.45) is 7.06. The highest BCUT2D eigenvalue weighted by Crippen LogP contribution is 2.39. The van der Waals surface area contributed by atoms with Gasteiger partial charge in [-0.3, -0.25) is 14.5 Å². The number of nitrogens with one attached hydrogen (secondary N) is 1. The van der Waals surface area contributed by atoms with E-state index in [0.717, 1.165) is 54.7 Å². The van der Waals surface area contributed by atoms with E-state index in [1.165, 1.54) is 21.2 Å². The summed E-state index contributed by atoms with van der Waals surface area (Å²) >= 11 is 1.77. The number of fused-ring (bicyclic) bond motifs is 4. The topological polar surface area (TPSA) is 78.5 Å². The number of hydrogen-bond acceptors (Lipinski definition) is 6. The first-order chi connectivity index (χ1) is 18.5. The molecule has 2 aromatic carbocycles. The van der Waals surface area contributed by atoms with Gasteiger partial charge in [0.1, 0.15) is 6.54 Å². The lowest BCUT2D eigenvalue weighted by Gasteiger charge is -2.42. The van der Waals surface area contributed by atoms with Crippen LogP contribution in [0.15, 0.2) is 48.7 Å². The first-order valence-corrected chi connectivity index (χ1v) is 14.4. The number of para-hydroxylation sites is 1. The number of carbonyl (C=O) groups excluding carboxylic acids is 2. The molecule has 8 heteroatoms. The Labute approximate surface area is 226 Å². The van der Waals surface area contributed by atoms with Crippen molar-refractivity contribution in [3.05, 3.63) is 64.8 Å². The quantitative estimate of drug-likeness (QED) is 0.314. The third kappa shape index (κ3) is 4.95. The predicted molar refractivity (Wildman–Crippen MR) is 150 cm³/mol. The Morgan fingerprint density at radius 1 is 1.16 bits per heavy atom. The summed E-state index contributed by atoms with van der Waals surface area (Å²) < 4.78 is 6.36. The maximum Gasteiger partial charge on any atom is 0.325 e. The molecule has 6 rings (SSSR count). The molecule has 0 saturated carbocycles. The SMILES string of the molecule is CCOC(=O)CN(C(C)=O)C1C[C@H]2CC[C@@H](C1)N2Cc1c[nH]c2ccc(Cc3nc4ccccc4s3)cc12. The molecule has 0 radical (unpaired) electrons. The zero-order valence-electron chi connectivity index (χ0n) is 22.0. The van der Waals surface area contributed by atoms with Gasteiger partial charge in [0.2, 0.25) is 5.91 Å². The molecule has 1 N–H and O–H groups in total. The Morgan fingerprint density at radius 2 is 1.95 bits per heavy atom. The minimum atomic E-state index is -0.321. The van der Waals surface area contributed by atoms with Gasteiger partial charge in [-0.1, -0.05) is 18.2 Å². The normalized spacial score (nSPS) is 21.3. The van der Waals surface area contributed by atoms with Crippen LogP contribution in [0, 0.1) is 0 Å². The highest BCUT2D eigenvalue weighted by molar-refractivity contribution is 7.18. The van der Waals surface area contributed by atoms with Crippen LogP contribution < -0.4 is 0 Å². The Bertz CT molecular complexity index is 1430. The van der Waals surface area contributed by atoms with Crippen LogP contribution in [0.4, 0.5) is 0 Å². The Kier molecular flexibility index (Phi) is 6.93.